The van der Waals surface area contributed by atoms with Crippen LogP contribution in [0.1, 0.15) is 30.6 Å². The standard InChI is InChI=1S/C16H15BrClN3/c1-3-11-9-12(17)6-7-14(11)21-15(10(2)18)20-13-5-4-8-19-16(13)21/h4-10H,3H2,1-2H3. The summed E-state index contributed by atoms with van der Waals surface area (Å²) >= 11 is 9.87. The Morgan fingerprint density at radius 1 is 1.33 bits per heavy atom. The zero-order valence-corrected chi connectivity index (χ0v) is 14.2. The normalized spacial score (nSPS) is 12.8. The van der Waals surface area contributed by atoms with E-state index in [0.717, 1.165) is 33.6 Å². The van der Waals surface area contributed by atoms with Crippen LogP contribution in [0.25, 0.3) is 16.9 Å². The summed E-state index contributed by atoms with van der Waals surface area (Å²) in [7, 11) is 0. The Bertz CT molecular complexity index is 795. The van der Waals surface area contributed by atoms with Gasteiger partial charge in [-0.3, -0.25) is 4.57 Å². The predicted molar refractivity (Wildman–Crippen MR) is 90.2 cm³/mol. The van der Waals surface area contributed by atoms with E-state index < -0.39 is 0 Å². The van der Waals surface area contributed by atoms with Crippen molar-refractivity contribution in [1.82, 2.24) is 14.5 Å². The fraction of sp³-hybridized carbons (Fsp3) is 0.250. The highest BCUT2D eigenvalue weighted by Crippen LogP contribution is 2.30. The molecule has 2 heterocycles. The zero-order valence-electron chi connectivity index (χ0n) is 11.8. The minimum absolute atomic E-state index is 0.187. The van der Waals surface area contributed by atoms with Crippen molar-refractivity contribution in [3.8, 4) is 5.69 Å². The molecular weight excluding hydrogens is 350 g/mol. The first kappa shape index (κ1) is 14.5. The number of alkyl halides is 1. The van der Waals surface area contributed by atoms with Crippen LogP contribution < -0.4 is 0 Å². The van der Waals surface area contributed by atoms with E-state index in [2.05, 4.69) is 49.5 Å². The van der Waals surface area contributed by atoms with Crippen LogP contribution in [0.2, 0.25) is 0 Å². The Hall–Kier alpha value is -1.39. The first-order valence-corrected chi connectivity index (χ1v) is 8.11. The summed E-state index contributed by atoms with van der Waals surface area (Å²) in [5.41, 5.74) is 4.03. The van der Waals surface area contributed by atoms with Crippen molar-refractivity contribution in [2.75, 3.05) is 0 Å². The number of imidazole rings is 1. The molecule has 1 aromatic carbocycles. The van der Waals surface area contributed by atoms with Gasteiger partial charge >= 0.3 is 0 Å². The van der Waals surface area contributed by atoms with Gasteiger partial charge in [0.05, 0.1) is 11.1 Å². The predicted octanol–water partition coefficient (Wildman–Crippen LogP) is 5.05. The lowest BCUT2D eigenvalue weighted by atomic mass is 10.1. The molecule has 2 aromatic heterocycles. The molecule has 0 amide bonds. The molecule has 1 atom stereocenters. The van der Waals surface area contributed by atoms with Crippen LogP contribution in [-0.2, 0) is 6.42 Å². The first-order valence-electron chi connectivity index (χ1n) is 6.88. The largest absolute Gasteiger partial charge is 0.279 e. The molecule has 0 N–H and O–H groups in total. The molecule has 5 heteroatoms. The van der Waals surface area contributed by atoms with E-state index in [9.17, 15) is 0 Å². The summed E-state index contributed by atoms with van der Waals surface area (Å²) < 4.78 is 3.14. The Morgan fingerprint density at radius 2 is 2.14 bits per heavy atom. The van der Waals surface area contributed by atoms with E-state index in [1.807, 2.05) is 25.1 Å². The van der Waals surface area contributed by atoms with E-state index in [-0.39, 0.29) is 5.38 Å². The fourth-order valence-electron chi connectivity index (χ4n) is 2.49. The monoisotopic (exact) mass is 363 g/mol. The molecule has 108 valence electrons. The minimum atomic E-state index is -0.187. The molecule has 0 spiro atoms. The number of nitrogens with zero attached hydrogens (tertiary/aromatic N) is 3. The molecule has 1 unspecified atom stereocenters. The molecule has 3 rings (SSSR count). The molecule has 3 aromatic rings. The van der Waals surface area contributed by atoms with Crippen molar-refractivity contribution in [3.05, 3.63) is 52.4 Å². The average Bonchev–Trinajstić information content (AvgIpc) is 2.86. The first-order chi connectivity index (χ1) is 10.1. The van der Waals surface area contributed by atoms with Crippen LogP contribution in [0, 0.1) is 0 Å². The maximum atomic E-state index is 6.34. The second-order valence-corrected chi connectivity index (χ2v) is 6.46. The molecule has 0 aliphatic rings. The second-order valence-electron chi connectivity index (χ2n) is 4.89. The molecule has 0 bridgehead atoms. The van der Waals surface area contributed by atoms with Gasteiger partial charge in [-0.15, -0.1) is 11.6 Å². The summed E-state index contributed by atoms with van der Waals surface area (Å²) in [5, 5.41) is -0.187. The summed E-state index contributed by atoms with van der Waals surface area (Å²) in [6.45, 7) is 4.07. The Labute approximate surface area is 137 Å². The quantitative estimate of drug-likeness (QED) is 0.609. The van der Waals surface area contributed by atoms with Crippen LogP contribution in [0.4, 0.5) is 0 Å². The van der Waals surface area contributed by atoms with Gasteiger partial charge in [0.25, 0.3) is 0 Å². The molecule has 0 aliphatic carbocycles. The average molecular weight is 365 g/mol. The van der Waals surface area contributed by atoms with Gasteiger partial charge < -0.3 is 0 Å². The number of aryl methyl sites for hydroxylation is 1. The molecule has 0 fully saturated rings. The van der Waals surface area contributed by atoms with Crippen LogP contribution in [-0.4, -0.2) is 14.5 Å². The van der Waals surface area contributed by atoms with Crippen molar-refractivity contribution in [2.24, 2.45) is 0 Å². The molecule has 3 nitrogen and oxygen atoms in total. The molecule has 0 saturated heterocycles. The van der Waals surface area contributed by atoms with Crippen molar-refractivity contribution < 1.29 is 0 Å². The van der Waals surface area contributed by atoms with Gasteiger partial charge in [-0.1, -0.05) is 22.9 Å². The Kier molecular flexibility index (Phi) is 4.00. The number of aromatic nitrogens is 3. The van der Waals surface area contributed by atoms with Gasteiger partial charge in [-0.25, -0.2) is 9.97 Å². The van der Waals surface area contributed by atoms with Gasteiger partial charge in [0.2, 0.25) is 0 Å². The summed E-state index contributed by atoms with van der Waals surface area (Å²) in [5.74, 6) is 0.822. The number of hydrogen-bond acceptors (Lipinski definition) is 2. The van der Waals surface area contributed by atoms with Crippen molar-refractivity contribution in [1.29, 1.82) is 0 Å². The summed E-state index contributed by atoms with van der Waals surface area (Å²) in [4.78, 5) is 9.13. The molecule has 0 saturated carbocycles. The lowest BCUT2D eigenvalue weighted by Crippen LogP contribution is -2.05. The third-order valence-corrected chi connectivity index (χ3v) is 4.15. The smallest absolute Gasteiger partial charge is 0.164 e. The third kappa shape index (κ3) is 2.58. The van der Waals surface area contributed by atoms with Crippen molar-refractivity contribution in [3.63, 3.8) is 0 Å². The SMILES string of the molecule is CCc1cc(Br)ccc1-n1c(C(C)Cl)nc2cccnc21. The number of fused-ring (bicyclic) bond motifs is 1. The lowest BCUT2D eigenvalue weighted by Gasteiger charge is -2.14. The van der Waals surface area contributed by atoms with Gasteiger partial charge in [-0.2, -0.15) is 0 Å². The number of rotatable bonds is 3. The number of pyridine rings is 1. The van der Waals surface area contributed by atoms with E-state index >= 15 is 0 Å². The van der Waals surface area contributed by atoms with Crippen LogP contribution in [0.5, 0.6) is 0 Å². The van der Waals surface area contributed by atoms with Crippen LogP contribution in [0.3, 0.4) is 0 Å². The van der Waals surface area contributed by atoms with E-state index in [0.29, 0.717) is 0 Å². The number of halogens is 2. The maximum Gasteiger partial charge on any atom is 0.164 e. The van der Waals surface area contributed by atoms with Crippen molar-refractivity contribution in [2.45, 2.75) is 25.6 Å². The summed E-state index contributed by atoms with van der Waals surface area (Å²) in [6, 6.07) is 10.1. The topological polar surface area (TPSA) is 30.7 Å². The minimum Gasteiger partial charge on any atom is -0.279 e. The van der Waals surface area contributed by atoms with E-state index in [1.54, 1.807) is 6.20 Å². The lowest BCUT2D eigenvalue weighted by molar-refractivity contribution is 0.866. The number of hydrogen-bond donors (Lipinski definition) is 0. The van der Waals surface area contributed by atoms with Crippen LogP contribution >= 0.6 is 27.5 Å². The third-order valence-electron chi connectivity index (χ3n) is 3.46. The van der Waals surface area contributed by atoms with Gasteiger partial charge in [0.15, 0.2) is 5.65 Å². The van der Waals surface area contributed by atoms with Crippen LogP contribution in [0.15, 0.2) is 41.0 Å². The molecule has 0 aliphatic heterocycles. The summed E-state index contributed by atoms with van der Waals surface area (Å²) in [6.07, 6.45) is 2.71. The Morgan fingerprint density at radius 3 is 2.86 bits per heavy atom. The van der Waals surface area contributed by atoms with Gasteiger partial charge in [0.1, 0.15) is 11.3 Å². The Balaban J connectivity index is 2.36. The number of benzene rings is 1. The van der Waals surface area contributed by atoms with Crippen molar-refractivity contribution >= 4 is 38.7 Å². The maximum absolute atomic E-state index is 6.34. The highest BCUT2D eigenvalue weighted by Gasteiger charge is 2.18. The molecular formula is C16H15BrClN3. The molecule has 21 heavy (non-hydrogen) atoms. The highest BCUT2D eigenvalue weighted by molar-refractivity contribution is 9.10. The second kappa shape index (κ2) is 5.78. The fourth-order valence-corrected chi connectivity index (χ4v) is 3.04. The van der Waals surface area contributed by atoms with Gasteiger partial charge in [0, 0.05) is 10.7 Å². The molecule has 0 radical (unpaired) electrons. The van der Waals surface area contributed by atoms with Gasteiger partial charge in [-0.05, 0) is 49.2 Å². The zero-order chi connectivity index (χ0) is 15.0. The highest BCUT2D eigenvalue weighted by atomic mass is 79.9. The van der Waals surface area contributed by atoms with E-state index in [4.69, 9.17) is 11.6 Å². The van der Waals surface area contributed by atoms with E-state index in [1.165, 1.54) is 5.56 Å².